The zero-order chi connectivity index (χ0) is 14.5. The van der Waals surface area contributed by atoms with Gasteiger partial charge in [0.05, 0.1) is 5.69 Å². The molecule has 1 aromatic heterocycles. The van der Waals surface area contributed by atoms with Crippen LogP contribution in [0.4, 0.5) is 5.69 Å². The minimum Gasteiger partial charge on any atom is -0.477 e. The summed E-state index contributed by atoms with van der Waals surface area (Å²) >= 11 is 4.42. The molecule has 0 spiro atoms. The largest absolute Gasteiger partial charge is 0.477 e. The van der Waals surface area contributed by atoms with Crippen molar-refractivity contribution in [1.82, 2.24) is 0 Å². The van der Waals surface area contributed by atoms with Crippen LogP contribution in [-0.2, 0) is 4.79 Å². The van der Waals surface area contributed by atoms with Gasteiger partial charge in [-0.2, -0.15) is 0 Å². The second kappa shape index (κ2) is 6.49. The van der Waals surface area contributed by atoms with Crippen LogP contribution in [0, 0.1) is 0 Å². The number of halogens is 1. The van der Waals surface area contributed by atoms with Gasteiger partial charge in [0.2, 0.25) is 5.91 Å². The topological polar surface area (TPSA) is 66.4 Å². The Morgan fingerprint density at radius 1 is 1.30 bits per heavy atom. The van der Waals surface area contributed by atoms with Gasteiger partial charge < -0.3 is 10.4 Å². The van der Waals surface area contributed by atoms with E-state index < -0.39 is 5.97 Å². The fourth-order valence-electron chi connectivity index (χ4n) is 1.53. The SMILES string of the molecule is O=C(/C=C/c1cccc(Br)c1)Nc1ccsc1C(=O)O. The van der Waals surface area contributed by atoms with Gasteiger partial charge >= 0.3 is 5.97 Å². The van der Waals surface area contributed by atoms with Crippen LogP contribution in [0.1, 0.15) is 15.2 Å². The van der Waals surface area contributed by atoms with Crippen LogP contribution in [0.2, 0.25) is 0 Å². The van der Waals surface area contributed by atoms with Crippen LogP contribution >= 0.6 is 27.3 Å². The first-order chi connectivity index (χ1) is 9.56. The molecular formula is C14H10BrNO3S. The Morgan fingerprint density at radius 3 is 2.80 bits per heavy atom. The van der Waals surface area contributed by atoms with Crippen LogP contribution in [0.5, 0.6) is 0 Å². The van der Waals surface area contributed by atoms with Gasteiger partial charge in [0, 0.05) is 10.5 Å². The summed E-state index contributed by atoms with van der Waals surface area (Å²) in [7, 11) is 0. The third-order valence-electron chi connectivity index (χ3n) is 2.39. The molecule has 4 nitrogen and oxygen atoms in total. The summed E-state index contributed by atoms with van der Waals surface area (Å²) in [5, 5.41) is 13.1. The summed E-state index contributed by atoms with van der Waals surface area (Å²) in [5.41, 5.74) is 1.18. The molecule has 0 radical (unpaired) electrons. The predicted octanol–water partition coefficient (Wildman–Crippen LogP) is 3.86. The van der Waals surface area contributed by atoms with Crippen molar-refractivity contribution in [3.8, 4) is 0 Å². The molecule has 102 valence electrons. The van der Waals surface area contributed by atoms with E-state index in [9.17, 15) is 9.59 Å². The number of benzene rings is 1. The summed E-state index contributed by atoms with van der Waals surface area (Å²) in [6.07, 6.45) is 3.03. The highest BCUT2D eigenvalue weighted by Crippen LogP contribution is 2.22. The Hall–Kier alpha value is -1.92. The number of anilines is 1. The molecule has 0 unspecified atom stereocenters. The van der Waals surface area contributed by atoms with Gasteiger partial charge in [0.15, 0.2) is 0 Å². The van der Waals surface area contributed by atoms with Crippen molar-refractivity contribution in [2.75, 3.05) is 5.32 Å². The maximum atomic E-state index is 11.7. The first kappa shape index (κ1) is 14.5. The van der Waals surface area contributed by atoms with Crippen molar-refractivity contribution in [2.24, 2.45) is 0 Å². The van der Waals surface area contributed by atoms with Crippen LogP contribution in [0.25, 0.3) is 6.08 Å². The lowest BCUT2D eigenvalue weighted by Gasteiger charge is -2.00. The van der Waals surface area contributed by atoms with Gasteiger partial charge in [0.25, 0.3) is 0 Å². The van der Waals surface area contributed by atoms with Gasteiger partial charge in [-0.3, -0.25) is 4.79 Å². The zero-order valence-corrected chi connectivity index (χ0v) is 12.6. The fourth-order valence-corrected chi connectivity index (χ4v) is 2.63. The van der Waals surface area contributed by atoms with Gasteiger partial charge in [-0.25, -0.2) is 4.79 Å². The van der Waals surface area contributed by atoms with E-state index in [-0.39, 0.29) is 10.8 Å². The highest BCUT2D eigenvalue weighted by atomic mass is 79.9. The van der Waals surface area contributed by atoms with E-state index in [1.165, 1.54) is 6.08 Å². The summed E-state index contributed by atoms with van der Waals surface area (Å²) in [6.45, 7) is 0. The monoisotopic (exact) mass is 351 g/mol. The van der Waals surface area contributed by atoms with E-state index >= 15 is 0 Å². The Bertz CT molecular complexity index is 679. The van der Waals surface area contributed by atoms with Gasteiger partial charge in [-0.15, -0.1) is 11.3 Å². The number of rotatable bonds is 4. The van der Waals surface area contributed by atoms with E-state index in [0.29, 0.717) is 5.69 Å². The maximum Gasteiger partial charge on any atom is 0.348 e. The van der Waals surface area contributed by atoms with Gasteiger partial charge in [-0.05, 0) is 35.2 Å². The molecular weight excluding hydrogens is 342 g/mol. The lowest BCUT2D eigenvalue weighted by Crippen LogP contribution is -2.09. The molecule has 0 atom stereocenters. The Morgan fingerprint density at radius 2 is 2.10 bits per heavy atom. The molecule has 0 aliphatic rings. The second-order valence-corrected chi connectivity index (χ2v) is 5.68. The van der Waals surface area contributed by atoms with Crippen molar-refractivity contribution >= 4 is 50.9 Å². The van der Waals surface area contributed by atoms with E-state index in [4.69, 9.17) is 5.11 Å². The third-order valence-corrected chi connectivity index (χ3v) is 3.79. The first-order valence-electron chi connectivity index (χ1n) is 5.61. The summed E-state index contributed by atoms with van der Waals surface area (Å²) in [4.78, 5) is 22.8. The number of hydrogen-bond acceptors (Lipinski definition) is 3. The highest BCUT2D eigenvalue weighted by Gasteiger charge is 2.12. The summed E-state index contributed by atoms with van der Waals surface area (Å²) < 4.78 is 0.922. The number of nitrogens with one attached hydrogen (secondary N) is 1. The quantitative estimate of drug-likeness (QED) is 0.821. The van der Waals surface area contributed by atoms with E-state index in [2.05, 4.69) is 21.2 Å². The third kappa shape index (κ3) is 3.79. The van der Waals surface area contributed by atoms with Crippen molar-refractivity contribution in [3.63, 3.8) is 0 Å². The summed E-state index contributed by atoms with van der Waals surface area (Å²) in [6, 6.07) is 9.06. The lowest BCUT2D eigenvalue weighted by atomic mass is 10.2. The van der Waals surface area contributed by atoms with Crippen molar-refractivity contribution in [2.45, 2.75) is 0 Å². The molecule has 0 saturated carbocycles. The van der Waals surface area contributed by atoms with Gasteiger partial charge in [0.1, 0.15) is 4.88 Å². The lowest BCUT2D eigenvalue weighted by molar-refractivity contribution is -0.111. The minimum atomic E-state index is -1.05. The number of carboxylic acid groups (broad SMARTS) is 1. The summed E-state index contributed by atoms with van der Waals surface area (Å²) in [5.74, 6) is -1.42. The molecule has 0 saturated heterocycles. The van der Waals surface area contributed by atoms with Crippen LogP contribution < -0.4 is 5.32 Å². The Kier molecular flexibility index (Phi) is 4.70. The van der Waals surface area contributed by atoms with E-state index in [0.717, 1.165) is 21.4 Å². The molecule has 2 rings (SSSR count). The zero-order valence-electron chi connectivity index (χ0n) is 10.2. The van der Waals surface area contributed by atoms with Crippen LogP contribution in [0.15, 0.2) is 46.3 Å². The molecule has 2 N–H and O–H groups in total. The molecule has 0 aliphatic carbocycles. The molecule has 20 heavy (non-hydrogen) atoms. The smallest absolute Gasteiger partial charge is 0.348 e. The van der Waals surface area contributed by atoms with Crippen LogP contribution in [-0.4, -0.2) is 17.0 Å². The van der Waals surface area contributed by atoms with Crippen LogP contribution in [0.3, 0.4) is 0 Å². The van der Waals surface area contributed by atoms with Crippen molar-refractivity contribution in [3.05, 3.63) is 56.7 Å². The second-order valence-electron chi connectivity index (χ2n) is 3.85. The van der Waals surface area contributed by atoms with Crippen molar-refractivity contribution < 1.29 is 14.7 Å². The van der Waals surface area contributed by atoms with Crippen molar-refractivity contribution in [1.29, 1.82) is 0 Å². The standard InChI is InChI=1S/C14H10BrNO3S/c15-10-3-1-2-9(8-10)4-5-12(17)16-11-6-7-20-13(11)14(18)19/h1-8H,(H,16,17)(H,18,19)/b5-4+. The molecule has 1 aromatic carbocycles. The van der Waals surface area contributed by atoms with E-state index in [1.54, 1.807) is 17.5 Å². The highest BCUT2D eigenvalue weighted by molar-refractivity contribution is 9.10. The predicted molar refractivity (Wildman–Crippen MR) is 83.1 cm³/mol. The fraction of sp³-hybridized carbons (Fsp3) is 0. The molecule has 0 fully saturated rings. The first-order valence-corrected chi connectivity index (χ1v) is 7.29. The molecule has 1 amide bonds. The Balaban J connectivity index is 2.06. The number of amides is 1. The molecule has 2 aromatic rings. The normalized spacial score (nSPS) is 10.7. The molecule has 0 bridgehead atoms. The number of carbonyl (C=O) groups excluding carboxylic acids is 1. The molecule has 1 heterocycles. The average molecular weight is 352 g/mol. The number of carbonyl (C=O) groups is 2. The minimum absolute atomic E-state index is 0.120. The number of thiophene rings is 1. The van der Waals surface area contributed by atoms with E-state index in [1.807, 2.05) is 24.3 Å². The van der Waals surface area contributed by atoms with Gasteiger partial charge in [-0.1, -0.05) is 28.1 Å². The number of aromatic carboxylic acids is 1. The number of carboxylic acids is 1. The maximum absolute atomic E-state index is 11.7. The Labute approximate surface area is 127 Å². The molecule has 0 aliphatic heterocycles. The average Bonchev–Trinajstić information content (AvgIpc) is 2.85. The number of hydrogen-bond donors (Lipinski definition) is 2. The molecule has 6 heteroatoms.